The van der Waals surface area contributed by atoms with Gasteiger partial charge in [-0.15, -0.1) is 0 Å². The molecule has 33 heavy (non-hydrogen) atoms. The zero-order valence-electron chi connectivity index (χ0n) is 17.9. The maximum atomic E-state index is 13.3. The van der Waals surface area contributed by atoms with Crippen LogP contribution in [-0.4, -0.2) is 48.3 Å². The third-order valence-corrected chi connectivity index (χ3v) is 8.78. The van der Waals surface area contributed by atoms with Crippen LogP contribution in [0.25, 0.3) is 10.8 Å². The van der Waals surface area contributed by atoms with E-state index in [-0.39, 0.29) is 0 Å². The Morgan fingerprint density at radius 1 is 0.909 bits per heavy atom. The van der Waals surface area contributed by atoms with Gasteiger partial charge >= 0.3 is 0 Å². The predicted octanol–water partition coefficient (Wildman–Crippen LogP) is 4.84. The van der Waals surface area contributed by atoms with Gasteiger partial charge in [-0.3, -0.25) is 0 Å². The summed E-state index contributed by atoms with van der Waals surface area (Å²) >= 11 is 7.33. The van der Waals surface area contributed by atoms with E-state index in [1.165, 1.54) is 11.5 Å². The highest BCUT2D eigenvalue weighted by Gasteiger charge is 2.28. The van der Waals surface area contributed by atoms with E-state index in [1.54, 1.807) is 16.4 Å². The van der Waals surface area contributed by atoms with Crippen LogP contribution >= 0.6 is 23.1 Å². The molecule has 0 unspecified atom stereocenters. The lowest BCUT2D eigenvalue weighted by Gasteiger charge is -2.21. The van der Waals surface area contributed by atoms with Crippen LogP contribution < -0.4 is 4.90 Å². The fourth-order valence-electron chi connectivity index (χ4n) is 4.03. The second-order valence-electron chi connectivity index (χ2n) is 8.05. The third kappa shape index (κ3) is 4.89. The van der Waals surface area contributed by atoms with Gasteiger partial charge in [0.25, 0.3) is 0 Å². The fraction of sp³-hybridized carbons (Fsp3) is 0.250. The van der Waals surface area contributed by atoms with Gasteiger partial charge in [0.1, 0.15) is 5.82 Å². The SMILES string of the molecule is O=S(=O)(c1ccc2ccccc2c1)N1CCCN(c2nc(Cc3ccc(Cl)cc3)ns2)CC1. The van der Waals surface area contributed by atoms with Crippen LogP contribution in [0, 0.1) is 0 Å². The van der Waals surface area contributed by atoms with Crippen molar-refractivity contribution < 1.29 is 8.42 Å². The number of rotatable bonds is 5. The van der Waals surface area contributed by atoms with Crippen molar-refractivity contribution in [2.45, 2.75) is 17.7 Å². The van der Waals surface area contributed by atoms with E-state index in [9.17, 15) is 8.42 Å². The molecule has 0 radical (unpaired) electrons. The van der Waals surface area contributed by atoms with Crippen molar-refractivity contribution in [3.8, 4) is 0 Å². The van der Waals surface area contributed by atoms with E-state index in [1.807, 2.05) is 54.6 Å². The molecule has 0 N–H and O–H groups in total. The van der Waals surface area contributed by atoms with Gasteiger partial charge in [0.05, 0.1) is 4.90 Å². The van der Waals surface area contributed by atoms with Crippen molar-refractivity contribution in [1.29, 1.82) is 0 Å². The molecule has 4 aromatic rings. The Balaban J connectivity index is 1.28. The van der Waals surface area contributed by atoms with Crippen molar-refractivity contribution in [2.75, 3.05) is 31.1 Å². The first-order valence-electron chi connectivity index (χ1n) is 10.8. The molecule has 2 heterocycles. The van der Waals surface area contributed by atoms with Gasteiger partial charge < -0.3 is 4.90 Å². The average molecular weight is 499 g/mol. The molecule has 0 saturated carbocycles. The molecule has 0 bridgehead atoms. The van der Waals surface area contributed by atoms with E-state index in [0.717, 1.165) is 40.3 Å². The van der Waals surface area contributed by atoms with Crippen molar-refractivity contribution in [1.82, 2.24) is 13.7 Å². The molecule has 1 aliphatic heterocycles. The first-order valence-corrected chi connectivity index (χ1v) is 13.4. The van der Waals surface area contributed by atoms with E-state index in [0.29, 0.717) is 36.0 Å². The van der Waals surface area contributed by atoms with Crippen LogP contribution in [0.5, 0.6) is 0 Å². The summed E-state index contributed by atoms with van der Waals surface area (Å²) in [6.45, 7) is 2.24. The summed E-state index contributed by atoms with van der Waals surface area (Å²) in [6.07, 6.45) is 1.38. The minimum atomic E-state index is -3.56. The maximum Gasteiger partial charge on any atom is 0.243 e. The van der Waals surface area contributed by atoms with Gasteiger partial charge in [-0.1, -0.05) is 54.1 Å². The van der Waals surface area contributed by atoms with Crippen molar-refractivity contribution >= 4 is 49.1 Å². The van der Waals surface area contributed by atoms with Gasteiger partial charge in [0, 0.05) is 49.2 Å². The second kappa shape index (κ2) is 9.38. The van der Waals surface area contributed by atoms with Gasteiger partial charge in [-0.05, 0) is 47.0 Å². The van der Waals surface area contributed by atoms with Gasteiger partial charge in [0.15, 0.2) is 0 Å². The molecule has 0 atom stereocenters. The Hall–Kier alpha value is -2.52. The van der Waals surface area contributed by atoms with Crippen LogP contribution in [-0.2, 0) is 16.4 Å². The van der Waals surface area contributed by atoms with E-state index in [4.69, 9.17) is 16.6 Å². The molecular weight excluding hydrogens is 476 g/mol. The topological polar surface area (TPSA) is 66.4 Å². The average Bonchev–Trinajstić information content (AvgIpc) is 3.14. The molecule has 1 fully saturated rings. The minimum absolute atomic E-state index is 0.343. The number of fused-ring (bicyclic) bond motifs is 1. The number of hydrogen-bond donors (Lipinski definition) is 0. The highest BCUT2D eigenvalue weighted by molar-refractivity contribution is 7.89. The Kier molecular flexibility index (Phi) is 6.34. The van der Waals surface area contributed by atoms with E-state index < -0.39 is 10.0 Å². The number of aromatic nitrogens is 2. The van der Waals surface area contributed by atoms with Crippen molar-refractivity contribution in [3.05, 3.63) is 83.1 Å². The highest BCUT2D eigenvalue weighted by atomic mass is 35.5. The zero-order chi connectivity index (χ0) is 22.8. The molecule has 170 valence electrons. The van der Waals surface area contributed by atoms with E-state index in [2.05, 4.69) is 9.27 Å². The maximum absolute atomic E-state index is 13.3. The normalized spacial score (nSPS) is 15.6. The fourth-order valence-corrected chi connectivity index (χ4v) is 6.40. The van der Waals surface area contributed by atoms with Crippen LogP contribution in [0.2, 0.25) is 5.02 Å². The lowest BCUT2D eigenvalue weighted by Crippen LogP contribution is -2.35. The molecule has 3 aromatic carbocycles. The lowest BCUT2D eigenvalue weighted by atomic mass is 10.1. The Morgan fingerprint density at radius 3 is 2.52 bits per heavy atom. The number of halogens is 1. The number of anilines is 1. The summed E-state index contributed by atoms with van der Waals surface area (Å²) in [6, 6.07) is 20.8. The van der Waals surface area contributed by atoms with Crippen molar-refractivity contribution in [3.63, 3.8) is 0 Å². The van der Waals surface area contributed by atoms with Crippen LogP contribution in [0.3, 0.4) is 0 Å². The summed E-state index contributed by atoms with van der Waals surface area (Å²) in [5.41, 5.74) is 1.10. The Morgan fingerprint density at radius 2 is 1.70 bits per heavy atom. The van der Waals surface area contributed by atoms with E-state index >= 15 is 0 Å². The molecule has 5 rings (SSSR count). The quantitative estimate of drug-likeness (QED) is 0.394. The summed E-state index contributed by atoms with van der Waals surface area (Å²) in [4.78, 5) is 7.19. The Labute approximate surface area is 202 Å². The number of hydrogen-bond acceptors (Lipinski definition) is 6. The zero-order valence-corrected chi connectivity index (χ0v) is 20.3. The first-order chi connectivity index (χ1) is 16.0. The monoisotopic (exact) mass is 498 g/mol. The number of sulfonamides is 1. The second-order valence-corrected chi connectivity index (χ2v) is 11.2. The predicted molar refractivity (Wildman–Crippen MR) is 134 cm³/mol. The van der Waals surface area contributed by atoms with Gasteiger partial charge in [-0.2, -0.15) is 8.68 Å². The molecule has 0 aliphatic carbocycles. The Bertz CT molecular complexity index is 1370. The molecule has 0 amide bonds. The molecular formula is C24H23ClN4O2S2. The summed E-state index contributed by atoms with van der Waals surface area (Å²) in [5.74, 6) is 0.766. The minimum Gasteiger partial charge on any atom is -0.345 e. The standard InChI is InChI=1S/C24H23ClN4O2S2/c25-21-9-6-18(7-10-21)16-23-26-24(32-27-23)28-12-3-13-29(15-14-28)33(30,31)22-11-8-19-4-1-2-5-20(19)17-22/h1-2,4-11,17H,3,12-16H2. The lowest BCUT2D eigenvalue weighted by molar-refractivity contribution is 0.433. The molecule has 6 nitrogen and oxygen atoms in total. The summed E-state index contributed by atoms with van der Waals surface area (Å²) in [7, 11) is -3.56. The molecule has 1 aliphatic rings. The molecule has 1 saturated heterocycles. The molecule has 1 aromatic heterocycles. The van der Waals surface area contributed by atoms with Crippen LogP contribution in [0.4, 0.5) is 5.13 Å². The molecule has 0 spiro atoms. The van der Waals surface area contributed by atoms with Crippen LogP contribution in [0.15, 0.2) is 71.6 Å². The first kappa shape index (κ1) is 22.3. The smallest absolute Gasteiger partial charge is 0.243 e. The summed E-state index contributed by atoms with van der Waals surface area (Å²) < 4.78 is 32.8. The van der Waals surface area contributed by atoms with Crippen molar-refractivity contribution in [2.24, 2.45) is 0 Å². The largest absolute Gasteiger partial charge is 0.345 e. The highest BCUT2D eigenvalue weighted by Crippen LogP contribution is 2.25. The van der Waals surface area contributed by atoms with Crippen LogP contribution in [0.1, 0.15) is 17.8 Å². The van der Waals surface area contributed by atoms with Gasteiger partial charge in [0.2, 0.25) is 15.2 Å². The number of benzene rings is 3. The number of nitrogens with zero attached hydrogens (tertiary/aromatic N) is 4. The summed E-state index contributed by atoms with van der Waals surface area (Å²) in [5, 5.41) is 3.50. The van der Waals surface area contributed by atoms with Gasteiger partial charge in [-0.25, -0.2) is 13.4 Å². The molecule has 9 heteroatoms. The third-order valence-electron chi connectivity index (χ3n) is 5.82.